The molecule has 0 saturated carbocycles. The molecule has 2 aromatic rings. The smallest absolute Gasteiger partial charge is 0.254 e. The molecule has 0 radical (unpaired) electrons. The molecule has 1 aliphatic rings. The van der Waals surface area contributed by atoms with Crippen molar-refractivity contribution in [3.63, 3.8) is 0 Å². The Hall–Kier alpha value is -2.11. The van der Waals surface area contributed by atoms with Crippen LogP contribution in [0.25, 0.3) is 0 Å². The van der Waals surface area contributed by atoms with Gasteiger partial charge in [-0.3, -0.25) is 14.6 Å². The Morgan fingerprint density at radius 2 is 1.88 bits per heavy atom. The highest BCUT2D eigenvalue weighted by molar-refractivity contribution is 6.36. The van der Waals surface area contributed by atoms with Crippen LogP contribution in [0.15, 0.2) is 42.7 Å². The fraction of sp³-hybridized carbons (Fsp3) is 0.278. The van der Waals surface area contributed by atoms with Gasteiger partial charge in [-0.25, -0.2) is 0 Å². The highest BCUT2D eigenvalue weighted by Crippen LogP contribution is 2.27. The van der Waals surface area contributed by atoms with E-state index in [1.54, 1.807) is 47.6 Å². The van der Waals surface area contributed by atoms with Crippen LogP contribution in [0.3, 0.4) is 0 Å². The van der Waals surface area contributed by atoms with E-state index in [-0.39, 0.29) is 11.8 Å². The summed E-state index contributed by atoms with van der Waals surface area (Å²) in [6, 6.07) is 7.66. The lowest BCUT2D eigenvalue weighted by molar-refractivity contribution is -0.121. The number of piperidine rings is 1. The maximum absolute atomic E-state index is 12.8. The quantitative estimate of drug-likeness (QED) is 0.878. The van der Waals surface area contributed by atoms with Gasteiger partial charge in [0.2, 0.25) is 5.91 Å². The molecule has 1 aliphatic heterocycles. The van der Waals surface area contributed by atoms with Crippen molar-refractivity contribution >= 4 is 40.7 Å². The molecule has 0 aliphatic carbocycles. The maximum atomic E-state index is 12.8. The Bertz CT molecular complexity index is 783. The summed E-state index contributed by atoms with van der Waals surface area (Å²) in [5.74, 6) is -0.407. The minimum atomic E-state index is -0.527. The van der Waals surface area contributed by atoms with E-state index in [9.17, 15) is 9.59 Å². The van der Waals surface area contributed by atoms with Crippen LogP contribution in [0, 0.1) is 0 Å². The standard InChI is InChI=1S/C18H17Cl2N3O2/c19-13-4-5-15(14(20)11-13)22-17(24)16-3-1-2-10-23(16)18(25)12-6-8-21-9-7-12/h4-9,11,16H,1-3,10H2,(H,22,24). The summed E-state index contributed by atoms with van der Waals surface area (Å²) in [4.78, 5) is 31.0. The predicted molar refractivity (Wildman–Crippen MR) is 98.0 cm³/mol. The van der Waals surface area contributed by atoms with E-state index in [0.29, 0.717) is 34.3 Å². The Labute approximate surface area is 155 Å². The largest absolute Gasteiger partial charge is 0.327 e. The van der Waals surface area contributed by atoms with Gasteiger partial charge >= 0.3 is 0 Å². The molecule has 1 aromatic heterocycles. The van der Waals surface area contributed by atoms with Crippen molar-refractivity contribution in [2.45, 2.75) is 25.3 Å². The molecule has 3 rings (SSSR count). The van der Waals surface area contributed by atoms with E-state index in [4.69, 9.17) is 23.2 Å². The van der Waals surface area contributed by atoms with Crippen LogP contribution in [0.5, 0.6) is 0 Å². The van der Waals surface area contributed by atoms with Gasteiger partial charge in [-0.05, 0) is 49.6 Å². The topological polar surface area (TPSA) is 62.3 Å². The molecular weight excluding hydrogens is 361 g/mol. The number of halogens is 2. The third kappa shape index (κ3) is 4.11. The van der Waals surface area contributed by atoms with Crippen LogP contribution in [-0.2, 0) is 4.79 Å². The number of benzene rings is 1. The number of carbonyl (C=O) groups is 2. The molecule has 1 atom stereocenters. The number of anilines is 1. The molecule has 1 unspecified atom stereocenters. The van der Waals surface area contributed by atoms with Crippen molar-refractivity contribution in [3.8, 4) is 0 Å². The van der Waals surface area contributed by atoms with E-state index < -0.39 is 6.04 Å². The van der Waals surface area contributed by atoms with Crippen LogP contribution >= 0.6 is 23.2 Å². The number of likely N-dealkylation sites (tertiary alicyclic amines) is 1. The van der Waals surface area contributed by atoms with Crippen LogP contribution in [0.1, 0.15) is 29.6 Å². The molecule has 7 heteroatoms. The first kappa shape index (κ1) is 17.7. The Kier molecular flexibility index (Phi) is 5.56. The predicted octanol–water partition coefficient (Wildman–Crippen LogP) is 4.02. The molecule has 0 bridgehead atoms. The summed E-state index contributed by atoms with van der Waals surface area (Å²) in [6.07, 6.45) is 5.53. The first-order valence-corrected chi connectivity index (χ1v) is 8.79. The summed E-state index contributed by atoms with van der Waals surface area (Å²) >= 11 is 12.0. The van der Waals surface area contributed by atoms with Gasteiger partial charge in [0.15, 0.2) is 0 Å². The SMILES string of the molecule is O=C(Nc1ccc(Cl)cc1Cl)C1CCCCN1C(=O)c1ccncc1. The van der Waals surface area contributed by atoms with E-state index in [0.717, 1.165) is 12.8 Å². The van der Waals surface area contributed by atoms with Crippen molar-refractivity contribution in [1.82, 2.24) is 9.88 Å². The highest BCUT2D eigenvalue weighted by atomic mass is 35.5. The van der Waals surface area contributed by atoms with Crippen LogP contribution in [-0.4, -0.2) is 34.3 Å². The van der Waals surface area contributed by atoms with Gasteiger partial charge in [0.05, 0.1) is 10.7 Å². The summed E-state index contributed by atoms with van der Waals surface area (Å²) in [6.45, 7) is 0.549. The molecule has 25 heavy (non-hydrogen) atoms. The van der Waals surface area contributed by atoms with E-state index >= 15 is 0 Å². The molecule has 2 heterocycles. The summed E-state index contributed by atoms with van der Waals surface area (Å²) in [7, 11) is 0. The molecule has 2 amide bonds. The fourth-order valence-corrected chi connectivity index (χ4v) is 3.37. The number of nitrogens with zero attached hydrogens (tertiary/aromatic N) is 2. The van der Waals surface area contributed by atoms with Crippen molar-refractivity contribution in [2.75, 3.05) is 11.9 Å². The lowest BCUT2D eigenvalue weighted by Gasteiger charge is -2.34. The van der Waals surface area contributed by atoms with Gasteiger partial charge in [-0.15, -0.1) is 0 Å². The number of pyridine rings is 1. The zero-order valence-corrected chi connectivity index (χ0v) is 14.9. The van der Waals surface area contributed by atoms with Gasteiger partial charge in [0.25, 0.3) is 5.91 Å². The molecular formula is C18H17Cl2N3O2. The molecule has 1 N–H and O–H groups in total. The van der Waals surface area contributed by atoms with Crippen molar-refractivity contribution < 1.29 is 9.59 Å². The molecule has 1 fully saturated rings. The molecule has 1 saturated heterocycles. The highest BCUT2D eigenvalue weighted by Gasteiger charge is 2.32. The zero-order valence-electron chi connectivity index (χ0n) is 13.4. The molecule has 5 nitrogen and oxygen atoms in total. The summed E-state index contributed by atoms with van der Waals surface area (Å²) < 4.78 is 0. The van der Waals surface area contributed by atoms with Crippen molar-refractivity contribution in [3.05, 3.63) is 58.3 Å². The summed E-state index contributed by atoms with van der Waals surface area (Å²) in [5.41, 5.74) is 1.01. The average Bonchev–Trinajstić information content (AvgIpc) is 2.64. The lowest BCUT2D eigenvalue weighted by atomic mass is 10.00. The normalized spacial score (nSPS) is 17.2. The summed E-state index contributed by atoms with van der Waals surface area (Å²) in [5, 5.41) is 3.67. The lowest BCUT2D eigenvalue weighted by Crippen LogP contribution is -2.50. The Morgan fingerprint density at radius 3 is 2.60 bits per heavy atom. The van der Waals surface area contributed by atoms with Gasteiger partial charge in [0.1, 0.15) is 6.04 Å². The number of nitrogens with one attached hydrogen (secondary N) is 1. The van der Waals surface area contributed by atoms with Crippen molar-refractivity contribution in [2.24, 2.45) is 0 Å². The number of hydrogen-bond acceptors (Lipinski definition) is 3. The average molecular weight is 378 g/mol. The minimum absolute atomic E-state index is 0.163. The fourth-order valence-electron chi connectivity index (χ4n) is 2.91. The molecule has 130 valence electrons. The first-order valence-electron chi connectivity index (χ1n) is 8.03. The second kappa shape index (κ2) is 7.85. The van der Waals surface area contributed by atoms with E-state index in [2.05, 4.69) is 10.3 Å². The second-order valence-electron chi connectivity index (χ2n) is 5.86. The first-order chi connectivity index (χ1) is 12.1. The minimum Gasteiger partial charge on any atom is -0.327 e. The van der Waals surface area contributed by atoms with Gasteiger partial charge in [-0.2, -0.15) is 0 Å². The Balaban J connectivity index is 1.78. The Morgan fingerprint density at radius 1 is 1.12 bits per heavy atom. The molecule has 0 spiro atoms. The number of aromatic nitrogens is 1. The van der Waals surface area contributed by atoms with E-state index in [1.807, 2.05) is 0 Å². The van der Waals surface area contributed by atoms with E-state index in [1.165, 1.54) is 0 Å². The third-order valence-electron chi connectivity index (χ3n) is 4.18. The number of amides is 2. The molecule has 1 aromatic carbocycles. The van der Waals surface area contributed by atoms with Gasteiger partial charge in [-0.1, -0.05) is 23.2 Å². The van der Waals surface area contributed by atoms with Crippen LogP contribution < -0.4 is 5.32 Å². The second-order valence-corrected chi connectivity index (χ2v) is 6.70. The van der Waals surface area contributed by atoms with Crippen LogP contribution in [0.4, 0.5) is 5.69 Å². The van der Waals surface area contributed by atoms with Crippen LogP contribution in [0.2, 0.25) is 10.0 Å². The van der Waals surface area contributed by atoms with Gasteiger partial charge in [0, 0.05) is 29.5 Å². The zero-order chi connectivity index (χ0) is 17.8. The number of carbonyl (C=O) groups excluding carboxylic acids is 2. The number of rotatable bonds is 3. The third-order valence-corrected chi connectivity index (χ3v) is 4.73. The monoisotopic (exact) mass is 377 g/mol. The van der Waals surface area contributed by atoms with Crippen molar-refractivity contribution in [1.29, 1.82) is 0 Å². The van der Waals surface area contributed by atoms with Gasteiger partial charge < -0.3 is 10.2 Å². The maximum Gasteiger partial charge on any atom is 0.254 e. The number of hydrogen-bond donors (Lipinski definition) is 1.